The third-order valence-corrected chi connectivity index (χ3v) is 7.38. The summed E-state index contributed by atoms with van der Waals surface area (Å²) in [5.74, 6) is -0.231. The van der Waals surface area contributed by atoms with Crippen LogP contribution in [-0.4, -0.2) is 51.6 Å². The summed E-state index contributed by atoms with van der Waals surface area (Å²) in [6.45, 7) is 3.96. The van der Waals surface area contributed by atoms with Crippen LogP contribution in [0.15, 0.2) is 109 Å². The van der Waals surface area contributed by atoms with E-state index in [9.17, 15) is 9.90 Å². The number of aryl methyl sites for hydroxylation is 1. The highest BCUT2D eigenvalue weighted by Gasteiger charge is 2.44. The van der Waals surface area contributed by atoms with Gasteiger partial charge in [0.15, 0.2) is 0 Å². The summed E-state index contributed by atoms with van der Waals surface area (Å²) in [7, 11) is 0. The first kappa shape index (κ1) is 26.6. The molecule has 1 aromatic heterocycles. The van der Waals surface area contributed by atoms with E-state index in [2.05, 4.69) is 101 Å². The second kappa shape index (κ2) is 12.2. The third kappa shape index (κ3) is 5.72. The lowest BCUT2D eigenvalue weighted by atomic mass is 9.74. The van der Waals surface area contributed by atoms with Gasteiger partial charge in [-0.3, -0.25) is 14.4 Å². The number of carbonyl (C=O) groups is 1. The normalized spacial score (nSPS) is 17.3. The number of aromatic nitrogens is 2. The molecular weight excluding hydrogens is 486 g/mol. The van der Waals surface area contributed by atoms with Crippen molar-refractivity contribution >= 4 is 12.0 Å². The Morgan fingerprint density at radius 3 is 2.08 bits per heavy atom. The maximum Gasteiger partial charge on any atom is 0.307 e. The zero-order valence-corrected chi connectivity index (χ0v) is 22.3. The topological polar surface area (TPSA) is 67.6 Å². The lowest BCUT2D eigenvalue weighted by Gasteiger charge is -2.48. The molecular formula is C33H35N3O3. The van der Waals surface area contributed by atoms with Crippen molar-refractivity contribution in [3.63, 3.8) is 0 Å². The van der Waals surface area contributed by atoms with E-state index in [1.807, 2.05) is 12.3 Å². The van der Waals surface area contributed by atoms with Gasteiger partial charge in [0.25, 0.3) is 0 Å². The molecule has 0 saturated carbocycles. The van der Waals surface area contributed by atoms with Gasteiger partial charge in [0.2, 0.25) is 0 Å². The summed E-state index contributed by atoms with van der Waals surface area (Å²) in [6.07, 6.45) is 6.09. The minimum absolute atomic E-state index is 0.231. The fraction of sp³-hybridized carbons (Fsp3) is 0.273. The maximum absolute atomic E-state index is 11.8. The van der Waals surface area contributed by atoms with Crippen LogP contribution in [0.25, 0.3) is 6.08 Å². The average molecular weight is 522 g/mol. The van der Waals surface area contributed by atoms with Gasteiger partial charge >= 0.3 is 5.97 Å². The number of carbonyl (C=O) groups excluding carboxylic acids is 1. The van der Waals surface area contributed by atoms with Crippen LogP contribution in [-0.2, 0) is 21.6 Å². The van der Waals surface area contributed by atoms with Gasteiger partial charge in [0.05, 0.1) is 37.4 Å². The van der Waals surface area contributed by atoms with E-state index in [4.69, 9.17) is 4.74 Å². The number of aliphatic hydroxyl groups is 1. The van der Waals surface area contributed by atoms with Gasteiger partial charge in [0, 0.05) is 24.8 Å². The number of ether oxygens (including phenoxy) is 1. The predicted molar refractivity (Wildman–Crippen MR) is 153 cm³/mol. The molecule has 6 nitrogen and oxygen atoms in total. The van der Waals surface area contributed by atoms with Gasteiger partial charge in [0.1, 0.15) is 0 Å². The van der Waals surface area contributed by atoms with Crippen LogP contribution in [0.3, 0.4) is 0 Å². The van der Waals surface area contributed by atoms with Gasteiger partial charge in [-0.15, -0.1) is 0 Å². The molecule has 2 heterocycles. The Morgan fingerprint density at radius 1 is 0.974 bits per heavy atom. The van der Waals surface area contributed by atoms with E-state index < -0.39 is 11.6 Å². The Hall–Kier alpha value is -4.00. The van der Waals surface area contributed by atoms with Crippen molar-refractivity contribution in [1.82, 2.24) is 14.7 Å². The molecule has 1 atom stereocenters. The quantitative estimate of drug-likeness (QED) is 0.240. The standard InChI is InChI=1S/C33H35N3O3/c1-2-39-32(38)19-21-36-24-26(23-34-36)22-27-25-35(20-18-31(27)37)33(28-12-6-3-7-13-28,29-14-8-4-9-15-29)30-16-10-5-11-17-30/h3-17,22-24,31,37H,2,18-21,25H2,1H3. The van der Waals surface area contributed by atoms with Crippen LogP contribution < -0.4 is 0 Å². The number of nitrogens with zero attached hydrogens (tertiary/aromatic N) is 3. The summed E-state index contributed by atoms with van der Waals surface area (Å²) in [5, 5.41) is 15.5. The van der Waals surface area contributed by atoms with Crippen LogP contribution >= 0.6 is 0 Å². The molecule has 4 aromatic rings. The molecule has 1 aliphatic heterocycles. The minimum atomic E-state index is -0.538. The van der Waals surface area contributed by atoms with E-state index in [1.54, 1.807) is 17.8 Å². The first-order valence-electron chi connectivity index (χ1n) is 13.6. The first-order chi connectivity index (χ1) is 19.1. The lowest BCUT2D eigenvalue weighted by molar-refractivity contribution is -0.143. The zero-order chi connectivity index (χ0) is 27.1. The van der Waals surface area contributed by atoms with E-state index >= 15 is 0 Å². The number of hydrogen-bond acceptors (Lipinski definition) is 5. The van der Waals surface area contributed by atoms with Crippen molar-refractivity contribution < 1.29 is 14.6 Å². The zero-order valence-electron chi connectivity index (χ0n) is 22.3. The minimum Gasteiger partial charge on any atom is -0.466 e. The molecule has 5 rings (SSSR count). The molecule has 0 radical (unpaired) electrons. The Bertz CT molecular complexity index is 1290. The largest absolute Gasteiger partial charge is 0.466 e. The third-order valence-electron chi connectivity index (χ3n) is 7.38. The molecule has 1 aliphatic rings. The SMILES string of the molecule is CCOC(=O)CCn1cc(C=C2CN(C(c3ccccc3)(c3ccccc3)c3ccccc3)CCC2O)cn1. The Morgan fingerprint density at radius 2 is 1.54 bits per heavy atom. The Kier molecular flexibility index (Phi) is 8.35. The summed E-state index contributed by atoms with van der Waals surface area (Å²) in [4.78, 5) is 14.2. The van der Waals surface area contributed by atoms with E-state index in [0.29, 0.717) is 26.1 Å². The van der Waals surface area contributed by atoms with Crippen molar-refractivity contribution in [3.8, 4) is 0 Å². The van der Waals surface area contributed by atoms with E-state index in [1.165, 1.54) is 16.7 Å². The van der Waals surface area contributed by atoms with Crippen molar-refractivity contribution in [3.05, 3.63) is 131 Å². The average Bonchev–Trinajstić information content (AvgIpc) is 3.43. The van der Waals surface area contributed by atoms with Gasteiger partial charge < -0.3 is 9.84 Å². The summed E-state index contributed by atoms with van der Waals surface area (Å²) >= 11 is 0. The van der Waals surface area contributed by atoms with Crippen LogP contribution in [0.5, 0.6) is 0 Å². The van der Waals surface area contributed by atoms with Crippen molar-refractivity contribution in [2.45, 2.75) is 38.0 Å². The molecule has 6 heteroatoms. The van der Waals surface area contributed by atoms with Crippen LogP contribution in [0.2, 0.25) is 0 Å². The highest BCUT2D eigenvalue weighted by Crippen LogP contribution is 2.44. The van der Waals surface area contributed by atoms with Crippen molar-refractivity contribution in [2.75, 3.05) is 19.7 Å². The summed E-state index contributed by atoms with van der Waals surface area (Å²) < 4.78 is 6.78. The molecule has 0 amide bonds. The predicted octanol–water partition coefficient (Wildman–Crippen LogP) is 5.28. The van der Waals surface area contributed by atoms with Gasteiger partial charge in [-0.05, 0) is 41.7 Å². The fourth-order valence-electron chi connectivity index (χ4n) is 5.61. The van der Waals surface area contributed by atoms with E-state index in [-0.39, 0.29) is 12.4 Å². The number of aliphatic hydroxyl groups excluding tert-OH is 1. The second-order valence-corrected chi connectivity index (χ2v) is 9.85. The number of hydrogen-bond donors (Lipinski definition) is 1. The molecule has 0 spiro atoms. The smallest absolute Gasteiger partial charge is 0.307 e. The molecule has 1 unspecified atom stereocenters. The second-order valence-electron chi connectivity index (χ2n) is 9.85. The van der Waals surface area contributed by atoms with Gasteiger partial charge in [-0.1, -0.05) is 91.0 Å². The monoisotopic (exact) mass is 521 g/mol. The molecule has 0 bridgehead atoms. The van der Waals surface area contributed by atoms with Gasteiger partial charge in [-0.2, -0.15) is 5.10 Å². The van der Waals surface area contributed by atoms with Crippen molar-refractivity contribution in [2.24, 2.45) is 0 Å². The fourth-order valence-corrected chi connectivity index (χ4v) is 5.61. The number of likely N-dealkylation sites (tertiary alicyclic amines) is 1. The first-order valence-corrected chi connectivity index (χ1v) is 13.6. The van der Waals surface area contributed by atoms with Crippen molar-refractivity contribution in [1.29, 1.82) is 0 Å². The maximum atomic E-state index is 11.8. The number of rotatable bonds is 9. The van der Waals surface area contributed by atoms with Crippen LogP contribution in [0.4, 0.5) is 0 Å². The molecule has 200 valence electrons. The highest BCUT2D eigenvalue weighted by atomic mass is 16.5. The lowest BCUT2D eigenvalue weighted by Crippen LogP contribution is -2.52. The Balaban J connectivity index is 1.52. The molecule has 1 fully saturated rings. The molecule has 39 heavy (non-hydrogen) atoms. The molecule has 0 aliphatic carbocycles. The number of benzene rings is 3. The Labute approximate surface area is 230 Å². The number of piperidine rings is 1. The highest BCUT2D eigenvalue weighted by molar-refractivity contribution is 5.69. The van der Waals surface area contributed by atoms with Crippen LogP contribution in [0.1, 0.15) is 42.0 Å². The van der Waals surface area contributed by atoms with Crippen LogP contribution in [0, 0.1) is 0 Å². The number of esters is 1. The summed E-state index contributed by atoms with van der Waals surface area (Å²) in [5.41, 5.74) is 4.87. The molecule has 3 aromatic carbocycles. The van der Waals surface area contributed by atoms with E-state index in [0.717, 1.165) is 17.7 Å². The van der Waals surface area contributed by atoms with Gasteiger partial charge in [-0.25, -0.2) is 0 Å². The summed E-state index contributed by atoms with van der Waals surface area (Å²) in [6, 6.07) is 31.9. The molecule has 1 N–H and O–H groups in total. The molecule has 1 saturated heterocycles.